The van der Waals surface area contributed by atoms with Gasteiger partial charge in [-0.1, -0.05) is 25.3 Å². The second-order valence-electron chi connectivity index (χ2n) is 4.48. The van der Waals surface area contributed by atoms with Crippen molar-refractivity contribution in [1.82, 2.24) is 5.32 Å². The smallest absolute Gasteiger partial charge is 0.0724 e. The molecule has 1 heterocycles. The van der Waals surface area contributed by atoms with Crippen LogP contribution >= 0.6 is 23.7 Å². The molecule has 1 saturated carbocycles. The third-order valence-corrected chi connectivity index (χ3v) is 4.25. The second kappa shape index (κ2) is 8.09. The van der Waals surface area contributed by atoms with Crippen LogP contribution in [-0.4, -0.2) is 19.3 Å². The first-order valence-electron chi connectivity index (χ1n) is 6.18. The van der Waals surface area contributed by atoms with Crippen molar-refractivity contribution in [2.45, 2.75) is 50.8 Å². The second-order valence-corrected chi connectivity index (χ2v) is 5.51. The summed E-state index contributed by atoms with van der Waals surface area (Å²) < 4.78 is 5.59. The van der Waals surface area contributed by atoms with Crippen LogP contribution in [0.1, 0.15) is 37.0 Å². The van der Waals surface area contributed by atoms with Crippen LogP contribution in [0.4, 0.5) is 0 Å². The Bertz CT molecular complexity index is 292. The normalized spacial score (nSPS) is 25.0. The van der Waals surface area contributed by atoms with Gasteiger partial charge in [0, 0.05) is 24.6 Å². The average Bonchev–Trinajstić information content (AvgIpc) is 2.71. The summed E-state index contributed by atoms with van der Waals surface area (Å²) in [5.74, 6) is 0. The van der Waals surface area contributed by atoms with Crippen LogP contribution in [-0.2, 0) is 11.3 Å². The van der Waals surface area contributed by atoms with E-state index in [2.05, 4.69) is 22.8 Å². The zero-order chi connectivity index (χ0) is 11.2. The summed E-state index contributed by atoms with van der Waals surface area (Å²) in [5.41, 5.74) is 0. The largest absolute Gasteiger partial charge is 0.380 e. The third kappa shape index (κ3) is 4.59. The standard InChI is InChI=1S/C13H21NOS.ClH/c1-15-13-8-4-2-3-7-12(13)14-10-11-6-5-9-16-11;/h5-6,9,12-14H,2-4,7-8,10H2,1H3;1H. The highest BCUT2D eigenvalue weighted by Gasteiger charge is 2.22. The van der Waals surface area contributed by atoms with E-state index in [1.807, 2.05) is 18.4 Å². The highest BCUT2D eigenvalue weighted by atomic mass is 35.5. The Morgan fingerprint density at radius 1 is 1.35 bits per heavy atom. The van der Waals surface area contributed by atoms with Gasteiger partial charge in [-0.05, 0) is 24.3 Å². The van der Waals surface area contributed by atoms with Crippen molar-refractivity contribution < 1.29 is 4.74 Å². The molecule has 98 valence electrons. The molecule has 4 heteroatoms. The van der Waals surface area contributed by atoms with Gasteiger partial charge in [0.05, 0.1) is 6.10 Å². The van der Waals surface area contributed by atoms with Crippen LogP contribution < -0.4 is 5.32 Å². The fraction of sp³-hybridized carbons (Fsp3) is 0.692. The topological polar surface area (TPSA) is 21.3 Å². The summed E-state index contributed by atoms with van der Waals surface area (Å²) in [5, 5.41) is 5.79. The highest BCUT2D eigenvalue weighted by Crippen LogP contribution is 2.21. The van der Waals surface area contributed by atoms with Gasteiger partial charge < -0.3 is 10.1 Å². The molecule has 0 aromatic carbocycles. The summed E-state index contributed by atoms with van der Waals surface area (Å²) in [6, 6.07) is 4.84. The van der Waals surface area contributed by atoms with Crippen LogP contribution in [0.25, 0.3) is 0 Å². The lowest BCUT2D eigenvalue weighted by Gasteiger charge is -2.24. The maximum Gasteiger partial charge on any atom is 0.0724 e. The Balaban J connectivity index is 0.00000144. The van der Waals surface area contributed by atoms with Gasteiger partial charge in [0.15, 0.2) is 0 Å². The van der Waals surface area contributed by atoms with E-state index in [1.165, 1.54) is 37.0 Å². The number of methoxy groups -OCH3 is 1. The third-order valence-electron chi connectivity index (χ3n) is 3.37. The summed E-state index contributed by atoms with van der Waals surface area (Å²) in [7, 11) is 1.84. The van der Waals surface area contributed by atoms with E-state index in [0.717, 1.165) is 6.54 Å². The number of rotatable bonds is 4. The van der Waals surface area contributed by atoms with Crippen LogP contribution in [0.15, 0.2) is 17.5 Å². The van der Waals surface area contributed by atoms with Gasteiger partial charge in [-0.25, -0.2) is 0 Å². The zero-order valence-corrected chi connectivity index (χ0v) is 12.0. The zero-order valence-electron chi connectivity index (χ0n) is 10.4. The molecule has 0 aliphatic heterocycles. The SMILES string of the molecule is COC1CCCCCC1NCc1cccs1.Cl. The summed E-state index contributed by atoms with van der Waals surface area (Å²) >= 11 is 1.82. The lowest BCUT2D eigenvalue weighted by Crippen LogP contribution is -2.39. The van der Waals surface area contributed by atoms with Crippen molar-refractivity contribution in [3.63, 3.8) is 0 Å². The first-order valence-corrected chi connectivity index (χ1v) is 7.06. The monoisotopic (exact) mass is 275 g/mol. The van der Waals surface area contributed by atoms with E-state index in [1.54, 1.807) is 0 Å². The van der Waals surface area contributed by atoms with Crippen molar-refractivity contribution in [2.24, 2.45) is 0 Å². The van der Waals surface area contributed by atoms with Gasteiger partial charge in [0.2, 0.25) is 0 Å². The van der Waals surface area contributed by atoms with Gasteiger partial charge in [-0.2, -0.15) is 0 Å². The molecule has 0 amide bonds. The van der Waals surface area contributed by atoms with Gasteiger partial charge in [0.25, 0.3) is 0 Å². The fourth-order valence-electron chi connectivity index (χ4n) is 2.43. The molecule has 0 spiro atoms. The molecule has 2 unspecified atom stereocenters. The van der Waals surface area contributed by atoms with Gasteiger partial charge in [-0.15, -0.1) is 23.7 Å². The molecule has 0 radical (unpaired) electrons. The first kappa shape index (κ1) is 15.0. The number of hydrogen-bond acceptors (Lipinski definition) is 3. The molecular formula is C13H22ClNOS. The number of halogens is 1. The van der Waals surface area contributed by atoms with Crippen molar-refractivity contribution in [2.75, 3.05) is 7.11 Å². The summed E-state index contributed by atoms with van der Waals surface area (Å²) in [4.78, 5) is 1.42. The molecule has 17 heavy (non-hydrogen) atoms. The van der Waals surface area contributed by atoms with E-state index < -0.39 is 0 Å². The Hall–Kier alpha value is -0.0900. The maximum atomic E-state index is 5.59. The van der Waals surface area contributed by atoms with Crippen LogP contribution in [0.5, 0.6) is 0 Å². The number of nitrogens with one attached hydrogen (secondary N) is 1. The minimum Gasteiger partial charge on any atom is -0.380 e. The Kier molecular flexibility index (Phi) is 7.12. The number of thiophene rings is 1. The molecule has 1 fully saturated rings. The predicted octanol–water partition coefficient (Wildman–Crippen LogP) is 3.61. The lowest BCUT2D eigenvalue weighted by atomic mass is 10.1. The highest BCUT2D eigenvalue weighted by molar-refractivity contribution is 7.09. The van der Waals surface area contributed by atoms with E-state index in [9.17, 15) is 0 Å². The molecule has 1 N–H and O–H groups in total. The molecule has 1 aliphatic rings. The molecule has 2 nitrogen and oxygen atoms in total. The Morgan fingerprint density at radius 3 is 2.88 bits per heavy atom. The molecule has 0 bridgehead atoms. The van der Waals surface area contributed by atoms with E-state index >= 15 is 0 Å². The van der Waals surface area contributed by atoms with Gasteiger partial charge in [-0.3, -0.25) is 0 Å². The Labute approximate surface area is 114 Å². The molecule has 2 atom stereocenters. The van der Waals surface area contributed by atoms with Crippen molar-refractivity contribution in [1.29, 1.82) is 0 Å². The minimum absolute atomic E-state index is 0. The van der Waals surface area contributed by atoms with E-state index in [-0.39, 0.29) is 12.4 Å². The quantitative estimate of drug-likeness (QED) is 0.848. The summed E-state index contributed by atoms with van der Waals surface area (Å²) in [6.07, 6.45) is 6.87. The molecule has 0 saturated heterocycles. The summed E-state index contributed by atoms with van der Waals surface area (Å²) in [6.45, 7) is 0.988. The van der Waals surface area contributed by atoms with Crippen LogP contribution in [0.3, 0.4) is 0 Å². The number of ether oxygens (including phenoxy) is 1. The lowest BCUT2D eigenvalue weighted by molar-refractivity contribution is 0.0627. The predicted molar refractivity (Wildman–Crippen MR) is 76.1 cm³/mol. The van der Waals surface area contributed by atoms with Crippen LogP contribution in [0, 0.1) is 0 Å². The fourth-order valence-corrected chi connectivity index (χ4v) is 3.09. The minimum atomic E-state index is 0. The molecular weight excluding hydrogens is 254 g/mol. The molecule has 1 aromatic rings. The Morgan fingerprint density at radius 2 is 2.18 bits per heavy atom. The van der Waals surface area contributed by atoms with Crippen molar-refractivity contribution in [3.05, 3.63) is 22.4 Å². The molecule has 1 aromatic heterocycles. The van der Waals surface area contributed by atoms with E-state index in [0.29, 0.717) is 12.1 Å². The van der Waals surface area contributed by atoms with Crippen LogP contribution in [0.2, 0.25) is 0 Å². The van der Waals surface area contributed by atoms with Crippen molar-refractivity contribution in [3.8, 4) is 0 Å². The maximum absolute atomic E-state index is 5.59. The molecule has 2 rings (SSSR count). The average molecular weight is 276 g/mol. The number of hydrogen-bond donors (Lipinski definition) is 1. The van der Waals surface area contributed by atoms with Gasteiger partial charge in [0.1, 0.15) is 0 Å². The van der Waals surface area contributed by atoms with E-state index in [4.69, 9.17) is 4.74 Å². The molecule has 1 aliphatic carbocycles. The van der Waals surface area contributed by atoms with Gasteiger partial charge >= 0.3 is 0 Å². The van der Waals surface area contributed by atoms with Crippen molar-refractivity contribution >= 4 is 23.7 Å². The first-order chi connectivity index (χ1) is 7.90.